The SMILES string of the molecule is C[C@H]1C(=O)OCC2=CCN3CC[C@@H](OC(=O)[C@H](C)[C@]1(C)O)[C@@H]23. The van der Waals surface area contributed by atoms with Crippen LogP contribution in [0.25, 0.3) is 0 Å². The molecule has 3 heterocycles. The molecule has 0 saturated carbocycles. The lowest BCUT2D eigenvalue weighted by atomic mass is 9.80. The van der Waals surface area contributed by atoms with Crippen LogP contribution in [0.2, 0.25) is 0 Å². The first-order valence-electron chi connectivity index (χ1n) is 7.85. The molecule has 1 N–H and O–H groups in total. The van der Waals surface area contributed by atoms with Crippen LogP contribution >= 0.6 is 0 Å². The number of nitrogens with zero attached hydrogens (tertiary/aromatic N) is 1. The Morgan fingerprint density at radius 3 is 2.68 bits per heavy atom. The van der Waals surface area contributed by atoms with E-state index in [0.717, 1.165) is 25.1 Å². The van der Waals surface area contributed by atoms with Gasteiger partial charge in [-0.15, -0.1) is 0 Å². The van der Waals surface area contributed by atoms with Crippen LogP contribution in [0, 0.1) is 11.8 Å². The van der Waals surface area contributed by atoms with Gasteiger partial charge >= 0.3 is 11.9 Å². The lowest BCUT2D eigenvalue weighted by Crippen LogP contribution is -2.48. The third-order valence-electron chi connectivity index (χ3n) is 5.52. The van der Waals surface area contributed by atoms with Gasteiger partial charge in [0.15, 0.2) is 0 Å². The predicted octanol–water partition coefficient (Wildman–Crippen LogP) is 0.492. The number of carbonyl (C=O) groups excluding carboxylic acids is 2. The standard InChI is InChI=1S/C16H23NO5/c1-9-14(18)21-8-11-4-6-17-7-5-12(13(11)17)22-15(19)10(2)16(9,3)20/h4,9-10,12-13,20H,5-8H2,1-3H3/t9-,10-,12+,13+,16+/m0/s1. The maximum Gasteiger partial charge on any atom is 0.311 e. The van der Waals surface area contributed by atoms with Crippen molar-refractivity contribution in [2.24, 2.45) is 11.8 Å². The molecule has 6 nitrogen and oxygen atoms in total. The van der Waals surface area contributed by atoms with Gasteiger partial charge in [-0.3, -0.25) is 14.5 Å². The quantitative estimate of drug-likeness (QED) is 0.518. The first kappa shape index (κ1) is 15.5. The molecule has 0 aliphatic carbocycles. The van der Waals surface area contributed by atoms with Crippen LogP contribution < -0.4 is 0 Å². The number of cyclic esters (lactones) is 1. The molecule has 0 amide bonds. The summed E-state index contributed by atoms with van der Waals surface area (Å²) in [7, 11) is 0. The fraction of sp³-hybridized carbons (Fsp3) is 0.750. The van der Waals surface area contributed by atoms with Crippen LogP contribution in [-0.4, -0.2) is 59.4 Å². The van der Waals surface area contributed by atoms with Crippen molar-refractivity contribution in [3.63, 3.8) is 0 Å². The van der Waals surface area contributed by atoms with E-state index >= 15 is 0 Å². The molecular formula is C16H23NO5. The van der Waals surface area contributed by atoms with E-state index in [2.05, 4.69) is 4.90 Å². The minimum atomic E-state index is -1.50. The topological polar surface area (TPSA) is 76.1 Å². The molecule has 0 unspecified atom stereocenters. The van der Waals surface area contributed by atoms with E-state index in [1.54, 1.807) is 13.8 Å². The van der Waals surface area contributed by atoms with Gasteiger partial charge in [-0.1, -0.05) is 6.08 Å². The first-order chi connectivity index (χ1) is 10.3. The monoisotopic (exact) mass is 309 g/mol. The van der Waals surface area contributed by atoms with Gasteiger partial charge in [0.05, 0.1) is 23.5 Å². The van der Waals surface area contributed by atoms with Crippen molar-refractivity contribution in [1.82, 2.24) is 4.90 Å². The summed E-state index contributed by atoms with van der Waals surface area (Å²) >= 11 is 0. The van der Waals surface area contributed by atoms with E-state index in [9.17, 15) is 14.7 Å². The van der Waals surface area contributed by atoms with E-state index in [0.29, 0.717) is 0 Å². The number of aliphatic hydroxyl groups is 1. The van der Waals surface area contributed by atoms with Crippen LogP contribution in [-0.2, 0) is 19.1 Å². The molecular weight excluding hydrogens is 286 g/mol. The Balaban J connectivity index is 1.92. The van der Waals surface area contributed by atoms with Crippen LogP contribution in [0.15, 0.2) is 11.6 Å². The third kappa shape index (κ3) is 2.34. The molecule has 0 aromatic rings. The van der Waals surface area contributed by atoms with Crippen LogP contribution in [0.3, 0.4) is 0 Å². The summed E-state index contributed by atoms with van der Waals surface area (Å²) in [6.07, 6.45) is 2.58. The Morgan fingerprint density at radius 1 is 1.27 bits per heavy atom. The molecule has 0 bridgehead atoms. The van der Waals surface area contributed by atoms with Crippen LogP contribution in [0.5, 0.6) is 0 Å². The summed E-state index contributed by atoms with van der Waals surface area (Å²) in [6.45, 7) is 6.53. The zero-order valence-electron chi connectivity index (χ0n) is 13.2. The second kappa shape index (κ2) is 5.35. The van der Waals surface area contributed by atoms with Gasteiger partial charge in [0.2, 0.25) is 0 Å². The fourth-order valence-corrected chi connectivity index (χ4v) is 3.51. The average Bonchev–Trinajstić information content (AvgIpc) is 3.05. The highest BCUT2D eigenvalue weighted by molar-refractivity contribution is 5.78. The Bertz CT molecular complexity index is 527. The number of esters is 2. The maximum atomic E-state index is 12.4. The predicted molar refractivity (Wildman–Crippen MR) is 77.9 cm³/mol. The molecule has 0 aromatic carbocycles. The van der Waals surface area contributed by atoms with Gasteiger partial charge in [0, 0.05) is 13.1 Å². The molecule has 0 spiro atoms. The Hall–Kier alpha value is -1.40. The van der Waals surface area contributed by atoms with E-state index in [4.69, 9.17) is 9.47 Å². The minimum Gasteiger partial charge on any atom is -0.461 e. The van der Waals surface area contributed by atoms with Crippen molar-refractivity contribution >= 4 is 11.9 Å². The number of carbonyl (C=O) groups is 2. The number of hydrogen-bond donors (Lipinski definition) is 1. The molecule has 5 atom stereocenters. The van der Waals surface area contributed by atoms with Crippen molar-refractivity contribution in [1.29, 1.82) is 0 Å². The van der Waals surface area contributed by atoms with Gasteiger partial charge in [-0.05, 0) is 32.8 Å². The highest BCUT2D eigenvalue weighted by atomic mass is 16.6. The summed E-state index contributed by atoms with van der Waals surface area (Å²) in [5.41, 5.74) is -0.509. The van der Waals surface area contributed by atoms with Gasteiger partial charge in [0.25, 0.3) is 0 Å². The summed E-state index contributed by atoms with van der Waals surface area (Å²) in [6, 6.07) is 0.00213. The number of hydrogen-bond acceptors (Lipinski definition) is 6. The smallest absolute Gasteiger partial charge is 0.311 e. The Morgan fingerprint density at radius 2 is 1.95 bits per heavy atom. The highest BCUT2D eigenvalue weighted by Crippen LogP contribution is 2.35. The highest BCUT2D eigenvalue weighted by Gasteiger charge is 2.48. The number of rotatable bonds is 0. The van der Waals surface area contributed by atoms with Crippen LogP contribution in [0.1, 0.15) is 27.2 Å². The van der Waals surface area contributed by atoms with Gasteiger partial charge in [-0.25, -0.2) is 0 Å². The van der Waals surface area contributed by atoms with Gasteiger partial charge < -0.3 is 14.6 Å². The average molecular weight is 309 g/mol. The first-order valence-corrected chi connectivity index (χ1v) is 7.85. The molecule has 3 aliphatic heterocycles. The second-order valence-corrected chi connectivity index (χ2v) is 6.76. The molecule has 6 heteroatoms. The van der Waals surface area contributed by atoms with Crippen LogP contribution in [0.4, 0.5) is 0 Å². The molecule has 3 rings (SSSR count). The van der Waals surface area contributed by atoms with E-state index < -0.39 is 29.4 Å². The molecule has 22 heavy (non-hydrogen) atoms. The van der Waals surface area contributed by atoms with Crippen molar-refractivity contribution in [3.05, 3.63) is 11.6 Å². The summed E-state index contributed by atoms with van der Waals surface area (Å²) in [5, 5.41) is 10.6. The van der Waals surface area contributed by atoms with Crippen molar-refractivity contribution in [3.8, 4) is 0 Å². The molecule has 3 aliphatic rings. The lowest BCUT2D eigenvalue weighted by Gasteiger charge is -2.33. The Labute approximate surface area is 130 Å². The molecule has 2 fully saturated rings. The van der Waals surface area contributed by atoms with Crippen molar-refractivity contribution < 1.29 is 24.2 Å². The molecule has 0 radical (unpaired) electrons. The van der Waals surface area contributed by atoms with E-state index in [1.807, 2.05) is 6.08 Å². The van der Waals surface area contributed by atoms with E-state index in [-0.39, 0.29) is 18.8 Å². The van der Waals surface area contributed by atoms with Gasteiger partial charge in [-0.2, -0.15) is 0 Å². The number of ether oxygens (including phenoxy) is 2. The largest absolute Gasteiger partial charge is 0.461 e. The van der Waals surface area contributed by atoms with E-state index in [1.165, 1.54) is 6.92 Å². The zero-order chi connectivity index (χ0) is 16.1. The minimum absolute atomic E-state index is 0.00213. The van der Waals surface area contributed by atoms with Gasteiger partial charge in [0.1, 0.15) is 12.7 Å². The van der Waals surface area contributed by atoms with Crippen molar-refractivity contribution in [2.45, 2.75) is 44.9 Å². The maximum absolute atomic E-state index is 12.4. The zero-order valence-corrected chi connectivity index (χ0v) is 13.2. The fourth-order valence-electron chi connectivity index (χ4n) is 3.51. The summed E-state index contributed by atoms with van der Waals surface area (Å²) in [5.74, 6) is -2.53. The molecule has 0 aromatic heterocycles. The third-order valence-corrected chi connectivity index (χ3v) is 5.52. The van der Waals surface area contributed by atoms with Crippen molar-refractivity contribution in [2.75, 3.05) is 19.7 Å². The molecule has 2 saturated heterocycles. The normalized spacial score (nSPS) is 43.0. The lowest BCUT2D eigenvalue weighted by molar-refractivity contribution is -0.171. The Kier molecular flexibility index (Phi) is 3.77. The summed E-state index contributed by atoms with van der Waals surface area (Å²) in [4.78, 5) is 26.8. The summed E-state index contributed by atoms with van der Waals surface area (Å²) < 4.78 is 11.1. The molecule has 122 valence electrons. The second-order valence-electron chi connectivity index (χ2n) is 6.76.